The molecular formula is C20H20N2O4. The largest absolute Gasteiger partial charge is 0.486 e. The lowest BCUT2D eigenvalue weighted by atomic mass is 10.1. The van der Waals surface area contributed by atoms with E-state index in [0.29, 0.717) is 43.4 Å². The molecular weight excluding hydrogens is 332 g/mol. The molecule has 0 spiro atoms. The van der Waals surface area contributed by atoms with Crippen LogP contribution in [-0.2, 0) is 11.3 Å². The number of nitrogens with zero attached hydrogens (tertiary/aromatic N) is 2. The molecule has 0 atom stereocenters. The summed E-state index contributed by atoms with van der Waals surface area (Å²) in [6.07, 6.45) is 0. The zero-order valence-electron chi connectivity index (χ0n) is 14.6. The molecule has 0 aromatic heterocycles. The van der Waals surface area contributed by atoms with Crippen LogP contribution in [0, 0.1) is 11.3 Å². The van der Waals surface area contributed by atoms with Gasteiger partial charge in [0.2, 0.25) is 0 Å². The predicted molar refractivity (Wildman–Crippen MR) is 95.2 cm³/mol. The topological polar surface area (TPSA) is 71.8 Å². The molecule has 134 valence electrons. The van der Waals surface area contributed by atoms with E-state index in [4.69, 9.17) is 19.5 Å². The Hall–Kier alpha value is -3.20. The van der Waals surface area contributed by atoms with Gasteiger partial charge in [-0.1, -0.05) is 18.2 Å². The number of para-hydroxylation sites is 1. The SMILES string of the molecule is CCN(Cc1ccc2c(c1)OCCO2)C(=O)COc1ccccc1C#N. The van der Waals surface area contributed by atoms with Gasteiger partial charge >= 0.3 is 0 Å². The molecule has 2 aromatic rings. The lowest BCUT2D eigenvalue weighted by Gasteiger charge is -2.23. The van der Waals surface area contributed by atoms with E-state index in [-0.39, 0.29) is 12.5 Å². The van der Waals surface area contributed by atoms with Gasteiger partial charge in [0.25, 0.3) is 5.91 Å². The summed E-state index contributed by atoms with van der Waals surface area (Å²) in [7, 11) is 0. The standard InChI is InChI=1S/C20H20N2O4/c1-2-22(13-15-7-8-18-19(11-15)25-10-9-24-18)20(23)14-26-17-6-4-3-5-16(17)12-21/h3-8,11H,2,9-10,13-14H2,1H3. The molecule has 0 radical (unpaired) electrons. The third-order valence-electron chi connectivity index (χ3n) is 4.07. The summed E-state index contributed by atoms with van der Waals surface area (Å²) in [4.78, 5) is 14.2. The minimum atomic E-state index is -0.143. The molecule has 0 N–H and O–H groups in total. The number of carbonyl (C=O) groups is 1. The van der Waals surface area contributed by atoms with Crippen molar-refractivity contribution in [3.63, 3.8) is 0 Å². The van der Waals surface area contributed by atoms with Gasteiger partial charge in [0.15, 0.2) is 18.1 Å². The molecule has 6 nitrogen and oxygen atoms in total. The molecule has 1 heterocycles. The van der Waals surface area contributed by atoms with Crippen molar-refractivity contribution in [3.05, 3.63) is 53.6 Å². The second-order valence-electron chi connectivity index (χ2n) is 5.78. The summed E-state index contributed by atoms with van der Waals surface area (Å²) in [6.45, 7) is 3.88. The number of fused-ring (bicyclic) bond motifs is 1. The minimum absolute atomic E-state index is 0.114. The molecule has 1 amide bonds. The Morgan fingerprint density at radius 2 is 1.96 bits per heavy atom. The first-order valence-electron chi connectivity index (χ1n) is 8.49. The zero-order valence-corrected chi connectivity index (χ0v) is 14.6. The van der Waals surface area contributed by atoms with Crippen LogP contribution in [0.1, 0.15) is 18.1 Å². The summed E-state index contributed by atoms with van der Waals surface area (Å²) in [5.41, 5.74) is 1.37. The Bertz CT molecular complexity index is 829. The number of nitriles is 1. The monoisotopic (exact) mass is 352 g/mol. The van der Waals surface area contributed by atoms with E-state index in [1.54, 1.807) is 29.2 Å². The van der Waals surface area contributed by atoms with Crippen LogP contribution in [0.15, 0.2) is 42.5 Å². The third-order valence-corrected chi connectivity index (χ3v) is 4.07. The highest BCUT2D eigenvalue weighted by Crippen LogP contribution is 2.31. The second kappa shape index (κ2) is 8.26. The first-order valence-corrected chi connectivity index (χ1v) is 8.49. The van der Waals surface area contributed by atoms with E-state index >= 15 is 0 Å². The number of carbonyl (C=O) groups excluding carboxylic acids is 1. The van der Waals surface area contributed by atoms with Crippen LogP contribution in [0.2, 0.25) is 0 Å². The second-order valence-corrected chi connectivity index (χ2v) is 5.78. The number of amides is 1. The molecule has 0 aliphatic carbocycles. The Balaban J connectivity index is 1.63. The van der Waals surface area contributed by atoms with Crippen LogP contribution < -0.4 is 14.2 Å². The summed E-state index contributed by atoms with van der Waals surface area (Å²) in [5, 5.41) is 9.08. The summed E-state index contributed by atoms with van der Waals surface area (Å²) >= 11 is 0. The van der Waals surface area contributed by atoms with Crippen LogP contribution in [0.5, 0.6) is 17.2 Å². The molecule has 26 heavy (non-hydrogen) atoms. The van der Waals surface area contributed by atoms with Gasteiger partial charge in [0, 0.05) is 13.1 Å². The average molecular weight is 352 g/mol. The number of hydrogen-bond acceptors (Lipinski definition) is 5. The molecule has 0 saturated carbocycles. The highest BCUT2D eigenvalue weighted by molar-refractivity contribution is 5.77. The Kier molecular flexibility index (Phi) is 5.59. The number of rotatable bonds is 6. The van der Waals surface area contributed by atoms with Gasteiger partial charge in [-0.2, -0.15) is 5.26 Å². The van der Waals surface area contributed by atoms with Crippen molar-refractivity contribution < 1.29 is 19.0 Å². The van der Waals surface area contributed by atoms with Gasteiger partial charge in [-0.3, -0.25) is 4.79 Å². The van der Waals surface area contributed by atoms with Crippen LogP contribution in [-0.4, -0.2) is 37.2 Å². The highest BCUT2D eigenvalue weighted by Gasteiger charge is 2.16. The first-order chi connectivity index (χ1) is 12.7. The fourth-order valence-electron chi connectivity index (χ4n) is 2.70. The van der Waals surface area contributed by atoms with Crippen molar-refractivity contribution in [2.24, 2.45) is 0 Å². The van der Waals surface area contributed by atoms with Crippen molar-refractivity contribution >= 4 is 5.91 Å². The van der Waals surface area contributed by atoms with Gasteiger partial charge in [0.05, 0.1) is 5.56 Å². The van der Waals surface area contributed by atoms with Gasteiger partial charge in [0.1, 0.15) is 25.0 Å². The van der Waals surface area contributed by atoms with Crippen LogP contribution in [0.3, 0.4) is 0 Å². The Morgan fingerprint density at radius 3 is 2.73 bits per heavy atom. The third kappa shape index (κ3) is 4.06. The van der Waals surface area contributed by atoms with Gasteiger partial charge in [-0.25, -0.2) is 0 Å². The summed E-state index contributed by atoms with van der Waals surface area (Å²) in [6, 6.07) is 14.6. The highest BCUT2D eigenvalue weighted by atomic mass is 16.6. The molecule has 0 saturated heterocycles. The summed E-state index contributed by atoms with van der Waals surface area (Å²) in [5.74, 6) is 1.70. The minimum Gasteiger partial charge on any atom is -0.486 e. The van der Waals surface area contributed by atoms with Gasteiger partial charge in [-0.05, 0) is 36.8 Å². The van der Waals surface area contributed by atoms with Crippen molar-refractivity contribution in [2.75, 3.05) is 26.4 Å². The van der Waals surface area contributed by atoms with Crippen LogP contribution in [0.4, 0.5) is 0 Å². The lowest BCUT2D eigenvalue weighted by molar-refractivity contribution is -0.133. The molecule has 0 bridgehead atoms. The molecule has 2 aromatic carbocycles. The van der Waals surface area contributed by atoms with E-state index < -0.39 is 0 Å². The maximum absolute atomic E-state index is 12.5. The fraction of sp³-hybridized carbons (Fsp3) is 0.300. The molecule has 3 rings (SSSR count). The van der Waals surface area contributed by atoms with Crippen molar-refractivity contribution in [1.82, 2.24) is 4.90 Å². The van der Waals surface area contributed by atoms with Gasteiger partial charge < -0.3 is 19.1 Å². The van der Waals surface area contributed by atoms with Crippen molar-refractivity contribution in [3.8, 4) is 23.3 Å². The van der Waals surface area contributed by atoms with E-state index in [0.717, 1.165) is 11.3 Å². The predicted octanol–water partition coefficient (Wildman–Crippen LogP) is 2.76. The van der Waals surface area contributed by atoms with E-state index in [1.807, 2.05) is 25.1 Å². The van der Waals surface area contributed by atoms with Crippen molar-refractivity contribution in [1.29, 1.82) is 5.26 Å². The van der Waals surface area contributed by atoms with Crippen molar-refractivity contribution in [2.45, 2.75) is 13.5 Å². The Labute approximate surface area is 152 Å². The number of benzene rings is 2. The molecule has 6 heteroatoms. The molecule has 1 aliphatic heterocycles. The van der Waals surface area contributed by atoms with E-state index in [1.165, 1.54) is 0 Å². The number of likely N-dealkylation sites (N-methyl/N-ethyl adjacent to an activating group) is 1. The number of ether oxygens (including phenoxy) is 3. The van der Waals surface area contributed by atoms with Gasteiger partial charge in [-0.15, -0.1) is 0 Å². The average Bonchev–Trinajstić information content (AvgIpc) is 2.70. The Morgan fingerprint density at radius 1 is 1.19 bits per heavy atom. The summed E-state index contributed by atoms with van der Waals surface area (Å²) < 4.78 is 16.6. The van der Waals surface area contributed by atoms with E-state index in [2.05, 4.69) is 6.07 Å². The maximum atomic E-state index is 12.5. The fourth-order valence-corrected chi connectivity index (χ4v) is 2.70. The maximum Gasteiger partial charge on any atom is 0.260 e. The number of hydrogen-bond donors (Lipinski definition) is 0. The van der Waals surface area contributed by atoms with E-state index in [9.17, 15) is 4.79 Å². The molecule has 0 fully saturated rings. The normalized spacial score (nSPS) is 12.2. The molecule has 0 unspecified atom stereocenters. The molecule has 1 aliphatic rings. The quantitative estimate of drug-likeness (QED) is 0.799. The first kappa shape index (κ1) is 17.6. The zero-order chi connectivity index (χ0) is 18.4. The van der Waals surface area contributed by atoms with Crippen LogP contribution >= 0.6 is 0 Å². The van der Waals surface area contributed by atoms with Crippen LogP contribution in [0.25, 0.3) is 0 Å². The lowest BCUT2D eigenvalue weighted by Crippen LogP contribution is -2.34. The smallest absolute Gasteiger partial charge is 0.260 e.